The van der Waals surface area contributed by atoms with E-state index in [4.69, 9.17) is 20.8 Å². The van der Waals surface area contributed by atoms with Gasteiger partial charge >= 0.3 is 5.97 Å². The van der Waals surface area contributed by atoms with E-state index in [0.717, 1.165) is 16.6 Å². The first-order valence-electron chi connectivity index (χ1n) is 13.5. The van der Waals surface area contributed by atoms with Gasteiger partial charge in [-0.2, -0.15) is 0 Å². The number of carboxylic acid groups (broad SMARTS) is 1. The fraction of sp³-hybridized carbons (Fsp3) is 0.156. The van der Waals surface area contributed by atoms with Crippen LogP contribution in [0.3, 0.4) is 0 Å². The third kappa shape index (κ3) is 8.19. The fourth-order valence-electron chi connectivity index (χ4n) is 4.30. The fourth-order valence-corrected chi connectivity index (χ4v) is 6.52. The number of rotatable bonds is 13. The molecule has 4 aromatic carbocycles. The lowest BCUT2D eigenvalue weighted by Gasteiger charge is -2.17. The molecule has 0 saturated heterocycles. The van der Waals surface area contributed by atoms with Gasteiger partial charge in [-0.15, -0.1) is 0 Å². The van der Waals surface area contributed by atoms with Gasteiger partial charge in [-0.05, 0) is 84.6 Å². The van der Waals surface area contributed by atoms with Crippen LogP contribution in [0.4, 0.5) is 0 Å². The molecule has 2 N–H and O–H groups in total. The number of carbonyl (C=O) groups excluding carboxylic acids is 1. The van der Waals surface area contributed by atoms with Crippen LogP contribution < -0.4 is 10.1 Å². The number of aliphatic carboxylic acids is 1. The molecule has 5 aromatic rings. The Hall–Kier alpha value is -4.32. The minimum absolute atomic E-state index is 0.0311. The summed E-state index contributed by atoms with van der Waals surface area (Å²) in [5.41, 5.74) is 3.41. The molecule has 0 aliphatic heterocycles. The van der Waals surface area contributed by atoms with Crippen molar-refractivity contribution in [3.63, 3.8) is 0 Å². The van der Waals surface area contributed by atoms with E-state index in [1.54, 1.807) is 54.6 Å². The molecule has 9 nitrogen and oxygen atoms in total. The molecule has 0 spiro atoms. The second-order valence-corrected chi connectivity index (χ2v) is 13.2. The quantitative estimate of drug-likeness (QED) is 0.110. The van der Waals surface area contributed by atoms with Gasteiger partial charge in [-0.3, -0.25) is 4.79 Å². The van der Waals surface area contributed by atoms with Crippen molar-refractivity contribution in [3.8, 4) is 5.75 Å². The summed E-state index contributed by atoms with van der Waals surface area (Å²) in [6.45, 7) is 0. The number of benzene rings is 4. The molecular weight excluding hydrogens is 624 g/mol. The van der Waals surface area contributed by atoms with E-state index in [1.165, 1.54) is 23.9 Å². The molecule has 1 amide bonds. The normalized spacial score (nSPS) is 12.1. The number of carbonyl (C=O) groups is 2. The number of aromatic nitrogens is 1. The predicted octanol–water partition coefficient (Wildman–Crippen LogP) is 6.40. The molecule has 0 aliphatic carbocycles. The molecule has 0 aliphatic rings. The Kier molecular flexibility index (Phi) is 9.89. The first-order valence-corrected chi connectivity index (χ1v) is 16.5. The summed E-state index contributed by atoms with van der Waals surface area (Å²) in [6.07, 6.45) is -0.742. The highest BCUT2D eigenvalue weighted by Crippen LogP contribution is 2.26. The number of hydrogen-bond acceptors (Lipinski definition) is 8. The summed E-state index contributed by atoms with van der Waals surface area (Å²) >= 11 is 7.23. The Morgan fingerprint density at radius 1 is 0.955 bits per heavy atom. The highest BCUT2D eigenvalue weighted by atomic mass is 35.5. The summed E-state index contributed by atoms with van der Waals surface area (Å²) in [6, 6.07) is 26.9. The zero-order chi connectivity index (χ0) is 31.1. The first kappa shape index (κ1) is 31.1. The molecule has 0 radical (unpaired) electrons. The van der Waals surface area contributed by atoms with Crippen molar-refractivity contribution in [1.29, 1.82) is 0 Å². The van der Waals surface area contributed by atoms with Crippen molar-refractivity contribution in [2.75, 3.05) is 5.75 Å². The number of thioether (sulfide) groups is 1. The van der Waals surface area contributed by atoms with Gasteiger partial charge in [0, 0.05) is 16.3 Å². The number of sulfone groups is 1. The van der Waals surface area contributed by atoms with Crippen molar-refractivity contribution in [1.82, 2.24) is 10.3 Å². The Labute approximate surface area is 263 Å². The molecule has 1 aromatic heterocycles. The van der Waals surface area contributed by atoms with Crippen LogP contribution in [0.1, 0.15) is 27.9 Å². The van der Waals surface area contributed by atoms with Gasteiger partial charge in [0.25, 0.3) is 17.4 Å². The van der Waals surface area contributed by atoms with Gasteiger partial charge in [-0.25, -0.2) is 18.2 Å². The zero-order valence-electron chi connectivity index (χ0n) is 23.2. The van der Waals surface area contributed by atoms with E-state index < -0.39 is 27.9 Å². The number of halogens is 1. The van der Waals surface area contributed by atoms with Gasteiger partial charge in [0.05, 0.1) is 10.6 Å². The maximum Gasteiger partial charge on any atom is 0.366 e. The van der Waals surface area contributed by atoms with E-state index in [2.05, 4.69) is 10.3 Å². The van der Waals surface area contributed by atoms with Crippen LogP contribution in [-0.2, 0) is 26.8 Å². The number of hydrogen-bond donors (Lipinski definition) is 2. The number of para-hydroxylation sites is 2. The molecule has 1 heterocycles. The second kappa shape index (κ2) is 14.0. The van der Waals surface area contributed by atoms with Crippen LogP contribution >= 0.6 is 23.4 Å². The maximum absolute atomic E-state index is 12.9. The molecule has 1 unspecified atom stereocenters. The minimum Gasteiger partial charge on any atom is -0.477 e. The van der Waals surface area contributed by atoms with Crippen molar-refractivity contribution >= 4 is 56.2 Å². The molecule has 226 valence electrons. The van der Waals surface area contributed by atoms with Gasteiger partial charge in [0.15, 0.2) is 15.4 Å². The van der Waals surface area contributed by atoms with Crippen LogP contribution in [0, 0.1) is 0 Å². The van der Waals surface area contributed by atoms with Gasteiger partial charge in [-0.1, -0.05) is 59.8 Å². The summed E-state index contributed by atoms with van der Waals surface area (Å²) in [4.78, 5) is 29.5. The molecule has 5 rings (SSSR count). The average Bonchev–Trinajstić information content (AvgIpc) is 3.44. The van der Waals surface area contributed by atoms with Crippen molar-refractivity contribution in [2.24, 2.45) is 0 Å². The lowest BCUT2D eigenvalue weighted by molar-refractivity contribution is -0.146. The molecule has 0 saturated carbocycles. The SMILES string of the molecule is O=C(NC(Oc1ccc(CCCS(=O)(=O)c2ccc(Cl)cc2)cc1)C(=O)O)c1cccc(CSc2nc3ccccc3o2)c1. The number of nitrogens with one attached hydrogen (secondary N) is 1. The summed E-state index contributed by atoms with van der Waals surface area (Å²) in [5, 5.41) is 13.1. The van der Waals surface area contributed by atoms with Crippen LogP contribution in [0.25, 0.3) is 11.1 Å². The highest BCUT2D eigenvalue weighted by molar-refractivity contribution is 7.98. The van der Waals surface area contributed by atoms with Gasteiger partial charge < -0.3 is 19.6 Å². The smallest absolute Gasteiger partial charge is 0.366 e. The monoisotopic (exact) mass is 650 g/mol. The van der Waals surface area contributed by atoms with Crippen molar-refractivity contribution in [3.05, 3.63) is 119 Å². The number of nitrogens with zero attached hydrogens (tertiary/aromatic N) is 1. The third-order valence-electron chi connectivity index (χ3n) is 6.54. The Bertz CT molecular complexity index is 1840. The average molecular weight is 651 g/mol. The Morgan fingerprint density at radius 2 is 1.70 bits per heavy atom. The van der Waals surface area contributed by atoms with E-state index in [9.17, 15) is 23.1 Å². The Balaban J connectivity index is 1.14. The molecule has 12 heteroatoms. The van der Waals surface area contributed by atoms with Crippen molar-refractivity contribution in [2.45, 2.75) is 34.9 Å². The Morgan fingerprint density at radius 3 is 2.43 bits per heavy atom. The number of ether oxygens (including phenoxy) is 1. The summed E-state index contributed by atoms with van der Waals surface area (Å²) in [5.74, 6) is -1.27. The molecule has 0 fully saturated rings. The largest absolute Gasteiger partial charge is 0.477 e. The lowest BCUT2D eigenvalue weighted by Crippen LogP contribution is -2.45. The lowest BCUT2D eigenvalue weighted by atomic mass is 10.1. The van der Waals surface area contributed by atoms with Crippen LogP contribution in [0.15, 0.2) is 112 Å². The van der Waals surface area contributed by atoms with E-state index >= 15 is 0 Å². The molecule has 0 bridgehead atoms. The minimum atomic E-state index is -3.44. The summed E-state index contributed by atoms with van der Waals surface area (Å²) < 4.78 is 36.4. The molecule has 1 atom stereocenters. The number of oxazole rings is 1. The van der Waals surface area contributed by atoms with Crippen LogP contribution in [0.2, 0.25) is 5.02 Å². The number of amides is 1. The topological polar surface area (TPSA) is 136 Å². The third-order valence-corrected chi connectivity index (χ3v) is 9.51. The molecular formula is C32H27ClN2O7S2. The van der Waals surface area contributed by atoms with E-state index in [1.807, 2.05) is 30.3 Å². The predicted molar refractivity (Wildman–Crippen MR) is 168 cm³/mol. The standard InChI is InChI=1S/C32H27ClN2O7S2/c33-24-12-16-26(17-13-24)44(39,40)18-4-6-21-10-14-25(15-11-21)41-30(31(37)38)35-29(36)23-7-3-5-22(19-23)20-43-32-34-27-8-1-2-9-28(27)42-32/h1-3,5,7-17,19,30H,4,6,18,20H2,(H,35,36)(H,37,38). The van der Waals surface area contributed by atoms with Gasteiger partial charge in [0.1, 0.15) is 11.3 Å². The number of aryl methyl sites for hydroxylation is 1. The van der Waals surface area contributed by atoms with E-state index in [-0.39, 0.29) is 22.0 Å². The molecule has 44 heavy (non-hydrogen) atoms. The van der Waals surface area contributed by atoms with Gasteiger partial charge in [0.2, 0.25) is 0 Å². The maximum atomic E-state index is 12.9. The van der Waals surface area contributed by atoms with Crippen molar-refractivity contribution < 1.29 is 32.3 Å². The second-order valence-electron chi connectivity index (χ2n) is 9.77. The zero-order valence-corrected chi connectivity index (χ0v) is 25.6. The highest BCUT2D eigenvalue weighted by Gasteiger charge is 2.23. The number of carboxylic acids is 1. The first-order chi connectivity index (χ1) is 21.2. The van der Waals surface area contributed by atoms with E-state index in [0.29, 0.717) is 34.4 Å². The summed E-state index contributed by atoms with van der Waals surface area (Å²) in [7, 11) is -3.44. The van der Waals surface area contributed by atoms with Crippen LogP contribution in [0.5, 0.6) is 5.75 Å². The number of fused-ring (bicyclic) bond motifs is 1. The van der Waals surface area contributed by atoms with Crippen LogP contribution in [-0.4, -0.2) is 42.4 Å².